The first kappa shape index (κ1) is 19.4. The predicted molar refractivity (Wildman–Crippen MR) is 105 cm³/mol. The number of hydrogen-bond acceptors (Lipinski definition) is 2. The standard InChI is InChI=1S/C21H28O3Si/c1-16(2)19(20(22)23)15-21(3,4)25(24,17-11-7-5-8-12-17)18-13-9-6-10-14-18/h5-14,16,19,24H,15H2,1-4H3,(H,22,23)/t19-/m0/s1. The Morgan fingerprint density at radius 1 is 0.960 bits per heavy atom. The molecule has 3 nitrogen and oxygen atoms in total. The highest BCUT2D eigenvalue weighted by Gasteiger charge is 2.51. The topological polar surface area (TPSA) is 57.5 Å². The molecular weight excluding hydrogens is 328 g/mol. The van der Waals surface area contributed by atoms with Crippen LogP contribution in [0.25, 0.3) is 0 Å². The van der Waals surface area contributed by atoms with E-state index in [0.29, 0.717) is 6.42 Å². The number of benzene rings is 2. The van der Waals surface area contributed by atoms with Gasteiger partial charge in [-0.05, 0) is 27.8 Å². The summed E-state index contributed by atoms with van der Waals surface area (Å²) in [6.45, 7) is 7.89. The van der Waals surface area contributed by atoms with Crippen molar-refractivity contribution < 1.29 is 14.7 Å². The second-order valence-electron chi connectivity index (χ2n) is 7.72. The van der Waals surface area contributed by atoms with Crippen LogP contribution in [-0.4, -0.2) is 24.2 Å². The van der Waals surface area contributed by atoms with Gasteiger partial charge < -0.3 is 9.90 Å². The van der Waals surface area contributed by atoms with Crippen molar-refractivity contribution in [3.8, 4) is 0 Å². The lowest BCUT2D eigenvalue weighted by atomic mass is 9.87. The van der Waals surface area contributed by atoms with Crippen molar-refractivity contribution in [2.24, 2.45) is 11.8 Å². The third-order valence-corrected chi connectivity index (χ3v) is 9.72. The van der Waals surface area contributed by atoms with Gasteiger partial charge in [0.1, 0.15) is 0 Å². The van der Waals surface area contributed by atoms with Gasteiger partial charge in [0.15, 0.2) is 0 Å². The highest BCUT2D eigenvalue weighted by atomic mass is 28.4. The van der Waals surface area contributed by atoms with E-state index in [2.05, 4.69) is 0 Å². The third-order valence-electron chi connectivity index (χ3n) is 5.21. The summed E-state index contributed by atoms with van der Waals surface area (Å²) in [5, 5.41) is 10.9. The lowest BCUT2D eigenvalue weighted by Crippen LogP contribution is -2.65. The Balaban J connectivity index is 2.57. The molecular formula is C21H28O3Si. The molecule has 2 aromatic rings. The smallest absolute Gasteiger partial charge is 0.306 e. The quantitative estimate of drug-likeness (QED) is 0.749. The van der Waals surface area contributed by atoms with E-state index < -0.39 is 25.2 Å². The number of carboxylic acid groups (broad SMARTS) is 1. The minimum atomic E-state index is -3.15. The molecule has 2 aromatic carbocycles. The first-order valence-corrected chi connectivity index (χ1v) is 10.7. The van der Waals surface area contributed by atoms with Crippen molar-refractivity contribution in [1.29, 1.82) is 0 Å². The summed E-state index contributed by atoms with van der Waals surface area (Å²) in [7, 11) is -3.15. The first-order chi connectivity index (χ1) is 11.7. The van der Waals surface area contributed by atoms with Gasteiger partial charge in [-0.25, -0.2) is 0 Å². The minimum Gasteiger partial charge on any atom is -0.481 e. The normalized spacial score (nSPS) is 13.7. The molecule has 0 bridgehead atoms. The van der Waals surface area contributed by atoms with Gasteiger partial charge in [-0.1, -0.05) is 88.4 Å². The van der Waals surface area contributed by atoms with E-state index in [1.807, 2.05) is 88.4 Å². The summed E-state index contributed by atoms with van der Waals surface area (Å²) in [6, 6.07) is 19.5. The Labute approximate surface area is 151 Å². The molecule has 0 spiro atoms. The molecule has 0 aliphatic heterocycles. The molecule has 134 valence electrons. The van der Waals surface area contributed by atoms with Crippen LogP contribution in [0.3, 0.4) is 0 Å². The largest absolute Gasteiger partial charge is 0.481 e. The third kappa shape index (κ3) is 3.85. The summed E-state index contributed by atoms with van der Waals surface area (Å²) < 4.78 is 0. The number of carboxylic acids is 1. The number of carbonyl (C=O) groups is 1. The molecule has 0 unspecified atom stereocenters. The van der Waals surface area contributed by atoms with E-state index in [-0.39, 0.29) is 5.92 Å². The van der Waals surface area contributed by atoms with Crippen LogP contribution in [0.4, 0.5) is 0 Å². The fourth-order valence-corrected chi connectivity index (χ4v) is 7.37. The maximum absolute atomic E-state index is 12.0. The van der Waals surface area contributed by atoms with Crippen LogP contribution in [0.2, 0.25) is 5.04 Å². The van der Waals surface area contributed by atoms with Crippen LogP contribution in [0.1, 0.15) is 34.1 Å². The Kier molecular flexibility index (Phi) is 5.86. The average molecular weight is 357 g/mol. The Morgan fingerprint density at radius 2 is 1.36 bits per heavy atom. The van der Waals surface area contributed by atoms with Crippen molar-refractivity contribution in [3.05, 3.63) is 60.7 Å². The molecule has 0 fully saturated rings. The summed E-state index contributed by atoms with van der Waals surface area (Å²) in [4.78, 5) is 23.8. The maximum Gasteiger partial charge on any atom is 0.306 e. The molecule has 1 atom stereocenters. The van der Waals surface area contributed by atoms with Gasteiger partial charge in [0.05, 0.1) is 5.92 Å². The summed E-state index contributed by atoms with van der Waals surface area (Å²) in [5.74, 6) is -1.26. The highest BCUT2D eigenvalue weighted by Crippen LogP contribution is 2.43. The van der Waals surface area contributed by atoms with Crippen molar-refractivity contribution >= 4 is 24.7 Å². The first-order valence-electron chi connectivity index (χ1n) is 8.76. The van der Waals surface area contributed by atoms with Gasteiger partial charge in [0, 0.05) is 0 Å². The van der Waals surface area contributed by atoms with E-state index in [1.54, 1.807) is 0 Å². The van der Waals surface area contributed by atoms with Crippen LogP contribution in [0.15, 0.2) is 60.7 Å². The minimum absolute atomic E-state index is 0.0153. The summed E-state index contributed by atoms with van der Waals surface area (Å²) in [6.07, 6.45) is 0.437. The van der Waals surface area contributed by atoms with Gasteiger partial charge in [0.25, 0.3) is 8.32 Å². The lowest BCUT2D eigenvalue weighted by molar-refractivity contribution is -0.143. The van der Waals surface area contributed by atoms with E-state index in [4.69, 9.17) is 0 Å². The molecule has 0 heterocycles. The molecule has 4 heteroatoms. The maximum atomic E-state index is 12.0. The van der Waals surface area contributed by atoms with Crippen molar-refractivity contribution in [2.75, 3.05) is 0 Å². The van der Waals surface area contributed by atoms with Gasteiger partial charge in [-0.15, -0.1) is 0 Å². The molecule has 2 rings (SSSR count). The highest BCUT2D eigenvalue weighted by molar-refractivity contribution is 6.98. The molecule has 25 heavy (non-hydrogen) atoms. The molecule has 0 saturated carbocycles. The van der Waals surface area contributed by atoms with Gasteiger partial charge in [-0.3, -0.25) is 4.79 Å². The number of hydrogen-bond donors (Lipinski definition) is 2. The number of rotatable bonds is 7. The average Bonchev–Trinajstić information content (AvgIpc) is 2.60. The van der Waals surface area contributed by atoms with Gasteiger partial charge in [0.2, 0.25) is 0 Å². The van der Waals surface area contributed by atoms with Crippen molar-refractivity contribution in [2.45, 2.75) is 39.2 Å². The predicted octanol–water partition coefficient (Wildman–Crippen LogP) is 3.27. The van der Waals surface area contributed by atoms with Gasteiger partial charge in [-0.2, -0.15) is 0 Å². The van der Waals surface area contributed by atoms with Crippen LogP contribution in [0.5, 0.6) is 0 Å². The van der Waals surface area contributed by atoms with E-state index >= 15 is 0 Å². The number of aliphatic carboxylic acids is 1. The SMILES string of the molecule is CC(C)[C@H](CC(C)(C)[Si](O)(c1ccccc1)c1ccccc1)C(=O)O. The zero-order valence-electron chi connectivity index (χ0n) is 15.4. The molecule has 0 amide bonds. The zero-order valence-corrected chi connectivity index (χ0v) is 16.4. The van der Waals surface area contributed by atoms with E-state index in [9.17, 15) is 14.7 Å². The van der Waals surface area contributed by atoms with Gasteiger partial charge >= 0.3 is 5.97 Å². The zero-order chi connectivity index (χ0) is 18.7. The van der Waals surface area contributed by atoms with Crippen LogP contribution in [0, 0.1) is 11.8 Å². The monoisotopic (exact) mass is 356 g/mol. The molecule has 0 aliphatic carbocycles. The lowest BCUT2D eigenvalue weighted by Gasteiger charge is -2.43. The fraction of sp³-hybridized carbons (Fsp3) is 0.381. The van der Waals surface area contributed by atoms with Crippen molar-refractivity contribution in [1.82, 2.24) is 0 Å². The second kappa shape index (κ2) is 7.54. The second-order valence-corrected chi connectivity index (χ2v) is 11.6. The fourth-order valence-electron chi connectivity index (χ4n) is 3.61. The van der Waals surface area contributed by atoms with Crippen LogP contribution in [-0.2, 0) is 4.79 Å². The molecule has 0 aliphatic rings. The molecule has 2 N–H and O–H groups in total. The Morgan fingerprint density at radius 3 is 1.68 bits per heavy atom. The Bertz CT molecular complexity index is 656. The van der Waals surface area contributed by atoms with E-state index in [1.165, 1.54) is 0 Å². The van der Waals surface area contributed by atoms with Crippen molar-refractivity contribution in [3.63, 3.8) is 0 Å². The molecule has 0 radical (unpaired) electrons. The Hall–Kier alpha value is -1.91. The summed E-state index contributed by atoms with van der Waals surface area (Å²) >= 11 is 0. The van der Waals surface area contributed by atoms with Crippen LogP contribution >= 0.6 is 0 Å². The molecule has 0 aromatic heterocycles. The van der Waals surface area contributed by atoms with Crippen LogP contribution < -0.4 is 10.4 Å². The summed E-state index contributed by atoms with van der Waals surface area (Å²) in [5.41, 5.74) is 0. The molecule has 0 saturated heterocycles. The van der Waals surface area contributed by atoms with E-state index in [0.717, 1.165) is 10.4 Å².